The highest BCUT2D eigenvalue weighted by Crippen LogP contribution is 2.34. The molecule has 0 fully saturated rings. The van der Waals surface area contributed by atoms with Crippen molar-refractivity contribution in [1.29, 1.82) is 0 Å². The summed E-state index contributed by atoms with van der Waals surface area (Å²) in [4.78, 5) is 23.5. The Morgan fingerprint density at radius 1 is 1.33 bits per heavy atom. The second kappa shape index (κ2) is 6.17. The Morgan fingerprint density at radius 2 is 2.00 bits per heavy atom. The summed E-state index contributed by atoms with van der Waals surface area (Å²) in [5.74, 6) is -0.809. The second-order valence-electron chi connectivity index (χ2n) is 4.12. The molecule has 1 aromatic heterocycles. The molecule has 8 heteroatoms. The van der Waals surface area contributed by atoms with Gasteiger partial charge in [0.2, 0.25) is 11.1 Å². The average Bonchev–Trinajstić information content (AvgIpc) is 2.47. The van der Waals surface area contributed by atoms with Crippen LogP contribution in [0.25, 0.3) is 5.69 Å². The number of esters is 1. The molecule has 0 bridgehead atoms. The van der Waals surface area contributed by atoms with Crippen molar-refractivity contribution in [2.45, 2.75) is 6.92 Å². The lowest BCUT2D eigenvalue weighted by Gasteiger charge is -2.11. The molecule has 0 unspecified atom stereocenters. The van der Waals surface area contributed by atoms with Crippen molar-refractivity contribution in [3.05, 3.63) is 54.3 Å². The van der Waals surface area contributed by atoms with Gasteiger partial charge in [0.25, 0.3) is 0 Å². The smallest absolute Gasteiger partial charge is 0.362 e. The molecule has 5 nitrogen and oxygen atoms in total. The first kappa shape index (κ1) is 16.0. The Balaban J connectivity index is 2.71. The number of hydrogen-bond donors (Lipinski definition) is 0. The standard InChI is InChI=1S/C13H9BrCl2N2O3/c1-6-5-18(17-11(12(6)19)13(20)21-2)8-4-3-7(14)9(15)10(8)16/h3-5H,1-2H3. The van der Waals surface area contributed by atoms with Gasteiger partial charge in [0, 0.05) is 16.2 Å². The van der Waals surface area contributed by atoms with Gasteiger partial charge >= 0.3 is 5.97 Å². The molecule has 0 radical (unpaired) electrons. The largest absolute Gasteiger partial charge is 0.464 e. The molecule has 2 aromatic rings. The van der Waals surface area contributed by atoms with Crippen LogP contribution in [0.2, 0.25) is 10.0 Å². The minimum atomic E-state index is -0.809. The van der Waals surface area contributed by atoms with Gasteiger partial charge in [0.05, 0.1) is 22.8 Å². The van der Waals surface area contributed by atoms with Gasteiger partial charge in [-0.2, -0.15) is 5.10 Å². The molecule has 0 aliphatic carbocycles. The summed E-state index contributed by atoms with van der Waals surface area (Å²) in [5.41, 5.74) is -0.0244. The van der Waals surface area contributed by atoms with Crippen LogP contribution in [-0.4, -0.2) is 22.9 Å². The van der Waals surface area contributed by atoms with E-state index in [-0.39, 0.29) is 10.7 Å². The van der Waals surface area contributed by atoms with Crippen molar-refractivity contribution < 1.29 is 9.53 Å². The van der Waals surface area contributed by atoms with E-state index in [0.717, 1.165) is 0 Å². The summed E-state index contributed by atoms with van der Waals surface area (Å²) in [6.07, 6.45) is 1.47. The third-order valence-electron chi connectivity index (χ3n) is 2.74. The Bertz CT molecular complexity index is 790. The molecule has 0 saturated carbocycles. The molecule has 21 heavy (non-hydrogen) atoms. The second-order valence-corrected chi connectivity index (χ2v) is 5.73. The number of carbonyl (C=O) groups is 1. The van der Waals surface area contributed by atoms with E-state index < -0.39 is 11.4 Å². The van der Waals surface area contributed by atoms with Crippen LogP contribution in [0.1, 0.15) is 16.1 Å². The van der Waals surface area contributed by atoms with E-state index in [0.29, 0.717) is 20.7 Å². The molecule has 0 saturated heterocycles. The lowest BCUT2D eigenvalue weighted by molar-refractivity contribution is 0.0590. The van der Waals surface area contributed by atoms with E-state index >= 15 is 0 Å². The number of rotatable bonds is 2. The topological polar surface area (TPSA) is 61.2 Å². The summed E-state index contributed by atoms with van der Waals surface area (Å²) in [6, 6.07) is 3.35. The van der Waals surface area contributed by atoms with Gasteiger partial charge in [-0.3, -0.25) is 4.79 Å². The van der Waals surface area contributed by atoms with Crippen molar-refractivity contribution in [1.82, 2.24) is 9.78 Å². The van der Waals surface area contributed by atoms with Gasteiger partial charge in [-0.15, -0.1) is 0 Å². The monoisotopic (exact) mass is 390 g/mol. The number of ether oxygens (including phenoxy) is 1. The maximum Gasteiger partial charge on any atom is 0.362 e. The molecular formula is C13H9BrCl2N2O3. The van der Waals surface area contributed by atoms with Crippen LogP contribution in [-0.2, 0) is 4.74 Å². The summed E-state index contributed by atoms with van der Waals surface area (Å²) < 4.78 is 6.51. The van der Waals surface area contributed by atoms with Gasteiger partial charge in [-0.05, 0) is 35.0 Å². The summed E-state index contributed by atoms with van der Waals surface area (Å²) in [6.45, 7) is 1.57. The van der Waals surface area contributed by atoms with E-state index in [9.17, 15) is 9.59 Å². The number of nitrogens with zero attached hydrogens (tertiary/aromatic N) is 2. The summed E-state index contributed by atoms with van der Waals surface area (Å²) in [7, 11) is 1.18. The summed E-state index contributed by atoms with van der Waals surface area (Å²) in [5, 5.41) is 4.54. The van der Waals surface area contributed by atoms with E-state index in [1.54, 1.807) is 19.1 Å². The van der Waals surface area contributed by atoms with E-state index in [4.69, 9.17) is 23.2 Å². The number of benzene rings is 1. The fourth-order valence-corrected chi connectivity index (χ4v) is 2.51. The lowest BCUT2D eigenvalue weighted by atomic mass is 10.2. The highest BCUT2D eigenvalue weighted by atomic mass is 79.9. The maximum absolute atomic E-state index is 11.9. The normalized spacial score (nSPS) is 10.5. The Morgan fingerprint density at radius 3 is 2.62 bits per heavy atom. The Hall–Kier alpha value is -1.37. The van der Waals surface area contributed by atoms with E-state index in [1.165, 1.54) is 18.0 Å². The van der Waals surface area contributed by atoms with Crippen molar-refractivity contribution >= 4 is 45.1 Å². The molecule has 2 rings (SSSR count). The maximum atomic E-state index is 11.9. The Labute approximate surface area is 138 Å². The predicted octanol–water partition coefficient (Wildman–Crippen LogP) is 3.40. The molecule has 0 amide bonds. The van der Waals surface area contributed by atoms with E-state index in [1.807, 2.05) is 0 Å². The fourth-order valence-electron chi connectivity index (χ4n) is 1.66. The number of aryl methyl sites for hydroxylation is 1. The third-order valence-corrected chi connectivity index (χ3v) is 4.50. The summed E-state index contributed by atoms with van der Waals surface area (Å²) >= 11 is 15.5. The highest BCUT2D eigenvalue weighted by Gasteiger charge is 2.18. The van der Waals surface area contributed by atoms with Crippen molar-refractivity contribution in [3.63, 3.8) is 0 Å². The first-order valence-electron chi connectivity index (χ1n) is 5.69. The Kier molecular flexibility index (Phi) is 4.70. The van der Waals surface area contributed by atoms with Crippen LogP contribution < -0.4 is 5.43 Å². The van der Waals surface area contributed by atoms with Gasteiger partial charge in [-0.1, -0.05) is 23.2 Å². The molecule has 0 aliphatic heterocycles. The molecule has 0 atom stereocenters. The zero-order valence-corrected chi connectivity index (χ0v) is 14.1. The molecule has 0 N–H and O–H groups in total. The SMILES string of the molecule is COC(=O)c1nn(-c2ccc(Br)c(Cl)c2Cl)cc(C)c1=O. The van der Waals surface area contributed by atoms with Crippen LogP contribution in [0.15, 0.2) is 27.6 Å². The van der Waals surface area contributed by atoms with Crippen LogP contribution >= 0.6 is 39.1 Å². The third kappa shape index (κ3) is 2.97. The number of methoxy groups -OCH3 is 1. The average molecular weight is 392 g/mol. The zero-order valence-electron chi connectivity index (χ0n) is 11.0. The number of halogens is 3. The molecule has 1 aromatic carbocycles. The number of hydrogen-bond acceptors (Lipinski definition) is 4. The quantitative estimate of drug-likeness (QED) is 0.581. The van der Waals surface area contributed by atoms with Crippen molar-refractivity contribution in [2.24, 2.45) is 0 Å². The highest BCUT2D eigenvalue weighted by molar-refractivity contribution is 9.10. The van der Waals surface area contributed by atoms with Crippen LogP contribution in [0.5, 0.6) is 0 Å². The zero-order chi connectivity index (χ0) is 15.7. The first-order valence-corrected chi connectivity index (χ1v) is 7.24. The lowest BCUT2D eigenvalue weighted by Crippen LogP contribution is -2.24. The van der Waals surface area contributed by atoms with Crippen molar-refractivity contribution in [3.8, 4) is 5.69 Å². The minimum Gasteiger partial charge on any atom is -0.464 e. The predicted molar refractivity (Wildman–Crippen MR) is 83.6 cm³/mol. The van der Waals surface area contributed by atoms with Gasteiger partial charge in [0.1, 0.15) is 0 Å². The van der Waals surface area contributed by atoms with Gasteiger partial charge < -0.3 is 4.74 Å². The molecule has 110 valence electrons. The van der Waals surface area contributed by atoms with Crippen LogP contribution in [0.3, 0.4) is 0 Å². The first-order chi connectivity index (χ1) is 9.86. The van der Waals surface area contributed by atoms with Crippen LogP contribution in [0.4, 0.5) is 0 Å². The van der Waals surface area contributed by atoms with Gasteiger partial charge in [0.15, 0.2) is 0 Å². The van der Waals surface area contributed by atoms with Crippen LogP contribution in [0, 0.1) is 6.92 Å². The number of carbonyl (C=O) groups excluding carboxylic acids is 1. The molecule has 1 heterocycles. The number of aromatic nitrogens is 2. The van der Waals surface area contributed by atoms with Crippen molar-refractivity contribution in [2.75, 3.05) is 7.11 Å². The fraction of sp³-hybridized carbons (Fsp3) is 0.154. The van der Waals surface area contributed by atoms with Gasteiger partial charge in [-0.25, -0.2) is 9.48 Å². The molecule has 0 spiro atoms. The minimum absolute atomic E-state index is 0.248. The molecule has 0 aliphatic rings. The molecular weight excluding hydrogens is 383 g/mol. The van der Waals surface area contributed by atoms with E-state index in [2.05, 4.69) is 25.8 Å².